The number of nitrogens with zero attached hydrogens (tertiary/aromatic N) is 1. The molecule has 19 heavy (non-hydrogen) atoms. The highest BCUT2D eigenvalue weighted by Gasteiger charge is 2.19. The molecule has 1 aromatic rings. The lowest BCUT2D eigenvalue weighted by Crippen LogP contribution is -2.24. The van der Waals surface area contributed by atoms with Gasteiger partial charge in [0.05, 0.1) is 4.92 Å². The molecule has 0 aromatic heterocycles. The van der Waals surface area contributed by atoms with Gasteiger partial charge in [-0.3, -0.25) is 10.1 Å². The Morgan fingerprint density at radius 2 is 1.84 bits per heavy atom. The monoisotopic (exact) mass is 328 g/mol. The molecule has 0 aliphatic carbocycles. The molecule has 1 aromatic carbocycles. The van der Waals surface area contributed by atoms with Crippen molar-refractivity contribution in [1.29, 1.82) is 0 Å². The highest BCUT2D eigenvalue weighted by Crippen LogP contribution is 2.29. The molecule has 0 saturated heterocycles. The van der Waals surface area contributed by atoms with Crippen molar-refractivity contribution in [2.45, 2.75) is 27.7 Å². The van der Waals surface area contributed by atoms with Crippen LogP contribution in [0.4, 0.5) is 11.4 Å². The van der Waals surface area contributed by atoms with Crippen LogP contribution in [0.1, 0.15) is 27.7 Å². The van der Waals surface area contributed by atoms with Crippen LogP contribution in [0.5, 0.6) is 0 Å². The Hall–Kier alpha value is -1.10. The van der Waals surface area contributed by atoms with E-state index in [-0.39, 0.29) is 10.6 Å². The predicted octanol–water partition coefficient (Wildman–Crippen LogP) is 4.70. The number of nitro groups is 1. The van der Waals surface area contributed by atoms with Gasteiger partial charge in [0.15, 0.2) is 0 Å². The number of rotatable bonds is 6. The molecule has 1 rings (SSSR count). The third kappa shape index (κ3) is 4.49. The maximum atomic E-state index is 11.0. The van der Waals surface area contributed by atoms with E-state index in [0.717, 1.165) is 6.54 Å². The van der Waals surface area contributed by atoms with Gasteiger partial charge in [-0.2, -0.15) is 0 Å². The number of nitrogens with one attached hydrogen (secondary N) is 1. The average Bonchev–Trinajstić information content (AvgIpc) is 2.29. The fraction of sp³-hybridized carbons (Fsp3) is 0.571. The third-order valence-corrected chi connectivity index (χ3v) is 3.89. The molecule has 0 heterocycles. The number of nitro benzene ring substituents is 1. The van der Waals surface area contributed by atoms with Gasteiger partial charge in [-0.05, 0) is 29.9 Å². The van der Waals surface area contributed by atoms with Crippen LogP contribution in [0.2, 0.25) is 0 Å². The molecule has 5 heteroatoms. The van der Waals surface area contributed by atoms with E-state index in [0.29, 0.717) is 27.9 Å². The zero-order valence-electron chi connectivity index (χ0n) is 11.8. The second-order valence-corrected chi connectivity index (χ2v) is 6.37. The predicted molar refractivity (Wildman–Crippen MR) is 82.5 cm³/mol. The van der Waals surface area contributed by atoms with Crippen molar-refractivity contribution in [3.8, 4) is 0 Å². The first kappa shape index (κ1) is 16.0. The van der Waals surface area contributed by atoms with Crippen molar-refractivity contribution in [3.05, 3.63) is 32.8 Å². The lowest BCUT2D eigenvalue weighted by Gasteiger charge is -2.25. The van der Waals surface area contributed by atoms with E-state index in [1.165, 1.54) is 6.07 Å². The summed E-state index contributed by atoms with van der Waals surface area (Å²) in [6.45, 7) is 9.48. The summed E-state index contributed by atoms with van der Waals surface area (Å²) in [5.41, 5.74) is 0.695. The van der Waals surface area contributed by atoms with E-state index in [1.54, 1.807) is 6.07 Å². The first-order valence-corrected chi connectivity index (χ1v) is 7.30. The first-order valence-electron chi connectivity index (χ1n) is 6.50. The summed E-state index contributed by atoms with van der Waals surface area (Å²) in [6.07, 6.45) is 0. The van der Waals surface area contributed by atoms with Crippen LogP contribution in [0.25, 0.3) is 0 Å². The lowest BCUT2D eigenvalue weighted by atomic mass is 9.85. The van der Waals surface area contributed by atoms with E-state index in [2.05, 4.69) is 48.9 Å². The van der Waals surface area contributed by atoms with Gasteiger partial charge in [-0.15, -0.1) is 0 Å². The molecule has 0 spiro atoms. The molecule has 106 valence electrons. The van der Waals surface area contributed by atoms with Crippen LogP contribution in [0.15, 0.2) is 22.7 Å². The summed E-state index contributed by atoms with van der Waals surface area (Å²) in [7, 11) is 0. The Kier molecular flexibility index (Phi) is 5.79. The fourth-order valence-corrected chi connectivity index (χ4v) is 2.62. The van der Waals surface area contributed by atoms with E-state index in [4.69, 9.17) is 0 Å². The molecule has 4 nitrogen and oxygen atoms in total. The standard InChI is InChI=1S/C14H21BrN2O2/c1-9(2)12(10(3)4)8-16-13-6-5-11(15)7-14(13)17(18)19/h5-7,9-10,12,16H,8H2,1-4H3. The van der Waals surface area contributed by atoms with Gasteiger partial charge in [-0.25, -0.2) is 0 Å². The fourth-order valence-electron chi connectivity index (χ4n) is 2.27. The van der Waals surface area contributed by atoms with Crippen molar-refractivity contribution in [1.82, 2.24) is 0 Å². The Morgan fingerprint density at radius 3 is 2.32 bits per heavy atom. The van der Waals surface area contributed by atoms with Gasteiger partial charge < -0.3 is 5.32 Å². The summed E-state index contributed by atoms with van der Waals surface area (Å²) >= 11 is 3.26. The van der Waals surface area contributed by atoms with Crippen LogP contribution in [-0.2, 0) is 0 Å². The minimum absolute atomic E-state index is 0.112. The maximum Gasteiger partial charge on any atom is 0.293 e. The summed E-state index contributed by atoms with van der Waals surface area (Å²) in [6, 6.07) is 5.09. The van der Waals surface area contributed by atoms with E-state index in [1.807, 2.05) is 6.07 Å². The Balaban J connectivity index is 2.85. The largest absolute Gasteiger partial charge is 0.379 e. The third-order valence-electron chi connectivity index (χ3n) is 3.40. The van der Waals surface area contributed by atoms with Crippen molar-refractivity contribution in [2.75, 3.05) is 11.9 Å². The van der Waals surface area contributed by atoms with E-state index in [9.17, 15) is 10.1 Å². The molecule has 0 aliphatic heterocycles. The minimum Gasteiger partial charge on any atom is -0.379 e. The summed E-state index contributed by atoms with van der Waals surface area (Å²) in [5.74, 6) is 1.58. The van der Waals surface area contributed by atoms with Crippen LogP contribution < -0.4 is 5.32 Å². The van der Waals surface area contributed by atoms with Crippen molar-refractivity contribution in [3.63, 3.8) is 0 Å². The van der Waals surface area contributed by atoms with Gasteiger partial charge in [0, 0.05) is 17.1 Å². The smallest absolute Gasteiger partial charge is 0.293 e. The molecule has 0 atom stereocenters. The zero-order valence-corrected chi connectivity index (χ0v) is 13.4. The van der Waals surface area contributed by atoms with Crippen LogP contribution in [-0.4, -0.2) is 11.5 Å². The number of hydrogen-bond donors (Lipinski definition) is 1. The Morgan fingerprint density at radius 1 is 1.26 bits per heavy atom. The summed E-state index contributed by atoms with van der Waals surface area (Å²) in [4.78, 5) is 10.7. The first-order chi connectivity index (χ1) is 8.82. The van der Waals surface area contributed by atoms with Gasteiger partial charge in [-0.1, -0.05) is 43.6 Å². The molecular weight excluding hydrogens is 308 g/mol. The molecule has 0 aliphatic rings. The normalized spacial score (nSPS) is 11.4. The van der Waals surface area contributed by atoms with E-state index < -0.39 is 0 Å². The number of anilines is 1. The molecule has 1 N–H and O–H groups in total. The maximum absolute atomic E-state index is 11.0. The van der Waals surface area contributed by atoms with E-state index >= 15 is 0 Å². The van der Waals surface area contributed by atoms with Gasteiger partial charge in [0.1, 0.15) is 5.69 Å². The summed E-state index contributed by atoms with van der Waals surface area (Å²) < 4.78 is 0.717. The zero-order chi connectivity index (χ0) is 14.6. The average molecular weight is 329 g/mol. The molecule has 0 unspecified atom stereocenters. The van der Waals surface area contributed by atoms with Crippen LogP contribution in [0.3, 0.4) is 0 Å². The van der Waals surface area contributed by atoms with Gasteiger partial charge in [0.2, 0.25) is 0 Å². The molecule has 0 radical (unpaired) electrons. The summed E-state index contributed by atoms with van der Waals surface area (Å²) in [5, 5.41) is 14.3. The second kappa shape index (κ2) is 6.89. The number of benzene rings is 1. The van der Waals surface area contributed by atoms with Crippen LogP contribution in [0, 0.1) is 27.9 Å². The van der Waals surface area contributed by atoms with Crippen LogP contribution >= 0.6 is 15.9 Å². The minimum atomic E-state index is -0.354. The second-order valence-electron chi connectivity index (χ2n) is 5.45. The topological polar surface area (TPSA) is 55.2 Å². The lowest BCUT2D eigenvalue weighted by molar-refractivity contribution is -0.384. The SMILES string of the molecule is CC(C)C(CNc1ccc(Br)cc1[N+](=O)[O-])C(C)C. The molecule has 0 amide bonds. The van der Waals surface area contributed by atoms with Crippen molar-refractivity contribution < 1.29 is 4.92 Å². The Labute approximate surface area is 122 Å². The molecular formula is C14H21BrN2O2. The molecule has 0 bridgehead atoms. The Bertz CT molecular complexity index is 439. The van der Waals surface area contributed by atoms with Crippen molar-refractivity contribution in [2.24, 2.45) is 17.8 Å². The molecule has 0 fully saturated rings. The van der Waals surface area contributed by atoms with Gasteiger partial charge in [0.25, 0.3) is 5.69 Å². The van der Waals surface area contributed by atoms with Crippen molar-refractivity contribution >= 4 is 27.3 Å². The van der Waals surface area contributed by atoms with Gasteiger partial charge >= 0.3 is 0 Å². The highest BCUT2D eigenvalue weighted by atomic mass is 79.9. The number of halogens is 1. The number of hydrogen-bond acceptors (Lipinski definition) is 3. The highest BCUT2D eigenvalue weighted by molar-refractivity contribution is 9.10. The quantitative estimate of drug-likeness (QED) is 0.608. The molecule has 0 saturated carbocycles.